The average molecular weight is 576 g/mol. The first-order chi connectivity index (χ1) is 18.5. The minimum absolute atomic E-state index is 0.0413. The third-order valence-electron chi connectivity index (χ3n) is 7.91. The molecule has 1 aromatic carbocycles. The van der Waals surface area contributed by atoms with E-state index in [4.69, 9.17) is 21.1 Å². The highest BCUT2D eigenvalue weighted by Crippen LogP contribution is 2.62. The molecule has 0 radical (unpaired) electrons. The Bertz CT molecular complexity index is 1400. The Hall–Kier alpha value is -2.94. The molecular weight excluding hydrogens is 540 g/mol. The zero-order valence-electron chi connectivity index (χ0n) is 24.1. The van der Waals surface area contributed by atoms with Gasteiger partial charge in [-0.15, -0.1) is 0 Å². The summed E-state index contributed by atoms with van der Waals surface area (Å²) in [5.74, 6) is -2.07. The molecule has 0 unspecified atom stereocenters. The topological polar surface area (TPSA) is 72.0 Å². The number of carbonyl (C=O) groups is 2. The lowest BCUT2D eigenvalue weighted by Gasteiger charge is -2.26. The van der Waals surface area contributed by atoms with Gasteiger partial charge >= 0.3 is 12.1 Å². The van der Waals surface area contributed by atoms with Gasteiger partial charge in [0.1, 0.15) is 11.2 Å². The van der Waals surface area contributed by atoms with Gasteiger partial charge < -0.3 is 14.4 Å². The van der Waals surface area contributed by atoms with Crippen LogP contribution in [0.4, 0.5) is 25.0 Å². The van der Waals surface area contributed by atoms with Crippen molar-refractivity contribution >= 4 is 35.0 Å². The lowest BCUT2D eigenvalue weighted by atomic mass is 10.0. The first kappa shape index (κ1) is 28.6. The fourth-order valence-corrected chi connectivity index (χ4v) is 6.36. The van der Waals surface area contributed by atoms with Crippen LogP contribution >= 0.6 is 11.6 Å². The molecule has 2 atom stereocenters. The Morgan fingerprint density at radius 2 is 1.82 bits per heavy atom. The Kier molecular flexibility index (Phi) is 6.84. The maximum Gasteiger partial charge on any atom is 0.414 e. The molecule has 1 aromatic heterocycles. The van der Waals surface area contributed by atoms with Gasteiger partial charge in [0.05, 0.1) is 22.1 Å². The summed E-state index contributed by atoms with van der Waals surface area (Å²) in [6.07, 6.45) is 3.21. The highest BCUT2D eigenvalue weighted by molar-refractivity contribution is 6.34. The number of fused-ring (bicyclic) bond motifs is 3. The van der Waals surface area contributed by atoms with Crippen LogP contribution in [0, 0.1) is 23.0 Å². The van der Waals surface area contributed by atoms with Crippen LogP contribution in [0.2, 0.25) is 5.02 Å². The number of hydrogen-bond donors (Lipinski definition) is 0. The molecule has 0 bridgehead atoms. The van der Waals surface area contributed by atoms with Gasteiger partial charge in [0.2, 0.25) is 0 Å². The molecule has 1 aliphatic heterocycles. The zero-order chi connectivity index (χ0) is 29.4. The highest BCUT2D eigenvalue weighted by atomic mass is 35.5. The second kappa shape index (κ2) is 9.57. The normalized spacial score (nSPS) is 21.4. The van der Waals surface area contributed by atoms with E-state index >= 15 is 8.78 Å². The second-order valence-corrected chi connectivity index (χ2v) is 13.7. The summed E-state index contributed by atoms with van der Waals surface area (Å²) in [6, 6.07) is 1.03. The highest BCUT2D eigenvalue weighted by Gasteiger charge is 2.58. The molecule has 1 spiro atoms. The van der Waals surface area contributed by atoms with E-state index in [1.807, 2.05) is 20.8 Å². The second-order valence-electron chi connectivity index (χ2n) is 13.3. The predicted octanol–water partition coefficient (Wildman–Crippen LogP) is 6.90. The van der Waals surface area contributed by atoms with Gasteiger partial charge in [0, 0.05) is 56.4 Å². The van der Waals surface area contributed by atoms with Crippen molar-refractivity contribution in [3.05, 3.63) is 40.2 Å². The van der Waals surface area contributed by atoms with E-state index < -0.39 is 28.9 Å². The molecule has 40 heavy (non-hydrogen) atoms. The van der Waals surface area contributed by atoms with Crippen LogP contribution < -0.4 is 9.80 Å². The number of pyridine rings is 1. The van der Waals surface area contributed by atoms with Crippen molar-refractivity contribution in [2.45, 2.75) is 78.4 Å². The molecule has 2 aliphatic carbocycles. The summed E-state index contributed by atoms with van der Waals surface area (Å²) < 4.78 is 41.6. The van der Waals surface area contributed by atoms with Crippen LogP contribution in [-0.4, -0.2) is 48.4 Å². The molecule has 7 nitrogen and oxygen atoms in total. The van der Waals surface area contributed by atoms with Crippen molar-refractivity contribution in [3.63, 3.8) is 0 Å². The molecule has 2 fully saturated rings. The predicted molar refractivity (Wildman–Crippen MR) is 150 cm³/mol. The van der Waals surface area contributed by atoms with Gasteiger partial charge in [0.15, 0.2) is 11.6 Å². The first-order valence-corrected chi connectivity index (χ1v) is 14.0. The summed E-state index contributed by atoms with van der Waals surface area (Å²) in [4.78, 5) is 33.1. The number of halogens is 3. The Morgan fingerprint density at radius 1 is 1.15 bits per heavy atom. The molecule has 2 heterocycles. The van der Waals surface area contributed by atoms with Crippen LogP contribution in [0.3, 0.4) is 0 Å². The molecule has 1 amide bonds. The third-order valence-corrected chi connectivity index (χ3v) is 8.18. The van der Waals surface area contributed by atoms with E-state index in [9.17, 15) is 9.59 Å². The third kappa shape index (κ3) is 5.24. The Balaban J connectivity index is 1.46. The van der Waals surface area contributed by atoms with Crippen molar-refractivity contribution in [3.8, 4) is 11.1 Å². The van der Waals surface area contributed by atoms with Gasteiger partial charge in [-0.3, -0.25) is 14.7 Å². The maximum absolute atomic E-state index is 15.6. The van der Waals surface area contributed by atoms with Crippen LogP contribution in [0.15, 0.2) is 12.3 Å². The molecule has 216 valence electrons. The number of amides is 1. The fourth-order valence-electron chi connectivity index (χ4n) is 6.10. The van der Waals surface area contributed by atoms with E-state index in [-0.39, 0.29) is 35.0 Å². The smallest absolute Gasteiger partial charge is 0.414 e. The van der Waals surface area contributed by atoms with Crippen molar-refractivity contribution in [1.82, 2.24) is 4.98 Å². The fraction of sp³-hybridized carbons (Fsp3) is 0.567. The Labute approximate surface area is 238 Å². The van der Waals surface area contributed by atoms with Crippen molar-refractivity contribution in [2.75, 3.05) is 29.9 Å². The van der Waals surface area contributed by atoms with Crippen molar-refractivity contribution in [1.29, 1.82) is 0 Å². The lowest BCUT2D eigenvalue weighted by molar-refractivity contribution is -0.155. The van der Waals surface area contributed by atoms with Crippen molar-refractivity contribution < 1.29 is 27.8 Å². The molecule has 2 aromatic rings. The van der Waals surface area contributed by atoms with Crippen LogP contribution in [0.1, 0.15) is 72.1 Å². The maximum atomic E-state index is 15.6. The minimum atomic E-state index is -1.07. The monoisotopic (exact) mass is 575 g/mol. The number of esters is 1. The largest absolute Gasteiger partial charge is 0.460 e. The van der Waals surface area contributed by atoms with E-state index in [0.717, 1.165) is 18.9 Å². The first-order valence-electron chi connectivity index (χ1n) is 13.6. The summed E-state index contributed by atoms with van der Waals surface area (Å²) in [6.45, 7) is 12.1. The van der Waals surface area contributed by atoms with Crippen molar-refractivity contribution in [2.24, 2.45) is 11.3 Å². The zero-order valence-corrected chi connectivity index (χ0v) is 24.8. The number of benzene rings is 1. The Morgan fingerprint density at radius 3 is 2.48 bits per heavy atom. The number of carbonyl (C=O) groups excluding carboxylic acids is 2. The summed E-state index contributed by atoms with van der Waals surface area (Å²) in [7, 11) is 1.48. The molecule has 3 aliphatic rings. The van der Waals surface area contributed by atoms with Gasteiger partial charge in [-0.25, -0.2) is 13.6 Å². The van der Waals surface area contributed by atoms with Crippen LogP contribution in [0.5, 0.6) is 0 Å². The molecular formula is C30H36ClF2N3O4. The van der Waals surface area contributed by atoms with E-state index in [1.54, 1.807) is 27.0 Å². The number of hydrogen-bond acceptors (Lipinski definition) is 6. The van der Waals surface area contributed by atoms with E-state index in [1.165, 1.54) is 11.9 Å². The summed E-state index contributed by atoms with van der Waals surface area (Å²) >= 11 is 6.70. The SMILES string of the molecule is CN(C(=O)OC(C)(C)C)c1cc(F)c(F)c2c1Cc1ncc(Cl)c(N3CC[C@@]4(C[C@@H]4CC(=O)OC(C)(C)C)C3)c1-2. The quantitative estimate of drug-likeness (QED) is 0.315. The molecule has 1 saturated heterocycles. The summed E-state index contributed by atoms with van der Waals surface area (Å²) in [5.41, 5.74) is 1.07. The number of ether oxygens (including phenoxy) is 2. The number of nitrogens with zero attached hydrogens (tertiary/aromatic N) is 3. The van der Waals surface area contributed by atoms with Crippen LogP contribution in [0.25, 0.3) is 11.1 Å². The molecule has 0 N–H and O–H groups in total. The minimum Gasteiger partial charge on any atom is -0.460 e. The standard InChI is InChI=1S/C30H36ClF2N3O4/c1-28(2,3)39-22(37)10-16-13-30(16)8-9-36(15-30)26-18(31)14-34-20-11-17-21(35(7)27(38)40-29(4,5)6)12-19(32)25(33)23(17)24(20)26/h12,14,16H,8-11,13,15H2,1-7H3/t16-,30+/m0/s1. The van der Waals surface area contributed by atoms with Gasteiger partial charge in [-0.05, 0) is 71.3 Å². The van der Waals surface area contributed by atoms with E-state index in [0.29, 0.717) is 47.0 Å². The number of aromatic nitrogens is 1. The van der Waals surface area contributed by atoms with Gasteiger partial charge in [-0.2, -0.15) is 0 Å². The van der Waals surface area contributed by atoms with E-state index in [2.05, 4.69) is 9.88 Å². The molecule has 5 rings (SSSR count). The van der Waals surface area contributed by atoms with Gasteiger partial charge in [-0.1, -0.05) is 11.6 Å². The average Bonchev–Trinajstić information content (AvgIpc) is 3.13. The molecule has 1 saturated carbocycles. The lowest BCUT2D eigenvalue weighted by Crippen LogP contribution is -2.34. The number of anilines is 2. The number of rotatable bonds is 4. The van der Waals surface area contributed by atoms with Gasteiger partial charge in [0.25, 0.3) is 0 Å². The summed E-state index contributed by atoms with van der Waals surface area (Å²) in [5, 5.41) is 0.346. The van der Waals surface area contributed by atoms with Crippen LogP contribution in [-0.2, 0) is 20.7 Å². The molecule has 10 heteroatoms.